The highest BCUT2D eigenvalue weighted by molar-refractivity contribution is 5.96. The lowest BCUT2D eigenvalue weighted by atomic mass is 9.97. The standard InChI is InChI=1S/C18H23N3O3/c1-2-19-17(23)15-11-21(12-15)18(24)14-7-5-13(6-8-14)10-20-9-3-4-16(20)22/h5-8,15H,2-4,9-12H2,1H3,(H,19,23). The first-order valence-electron chi connectivity index (χ1n) is 8.52. The fourth-order valence-electron chi connectivity index (χ4n) is 3.16. The number of nitrogens with one attached hydrogen (secondary N) is 1. The Labute approximate surface area is 141 Å². The zero-order valence-corrected chi connectivity index (χ0v) is 14.0. The van der Waals surface area contributed by atoms with Crippen LogP contribution in [0.2, 0.25) is 0 Å². The second-order valence-corrected chi connectivity index (χ2v) is 6.42. The number of benzene rings is 1. The maximum absolute atomic E-state index is 12.4. The number of nitrogens with zero attached hydrogens (tertiary/aromatic N) is 2. The van der Waals surface area contributed by atoms with Gasteiger partial charge in [-0.3, -0.25) is 14.4 Å². The number of rotatable bonds is 5. The summed E-state index contributed by atoms with van der Waals surface area (Å²) in [6.45, 7) is 4.88. The highest BCUT2D eigenvalue weighted by Crippen LogP contribution is 2.20. The Morgan fingerprint density at radius 3 is 2.50 bits per heavy atom. The van der Waals surface area contributed by atoms with Crippen LogP contribution < -0.4 is 5.32 Å². The highest BCUT2D eigenvalue weighted by Gasteiger charge is 2.35. The van der Waals surface area contributed by atoms with Gasteiger partial charge < -0.3 is 15.1 Å². The van der Waals surface area contributed by atoms with Gasteiger partial charge in [0.25, 0.3) is 5.91 Å². The van der Waals surface area contributed by atoms with E-state index < -0.39 is 0 Å². The summed E-state index contributed by atoms with van der Waals surface area (Å²) in [4.78, 5) is 39.3. The summed E-state index contributed by atoms with van der Waals surface area (Å²) in [5.74, 6) is 0.0907. The predicted molar refractivity (Wildman–Crippen MR) is 89.2 cm³/mol. The van der Waals surface area contributed by atoms with Crippen molar-refractivity contribution in [1.82, 2.24) is 15.1 Å². The van der Waals surface area contributed by atoms with Gasteiger partial charge in [0.05, 0.1) is 5.92 Å². The van der Waals surface area contributed by atoms with Crippen LogP contribution in [0.3, 0.4) is 0 Å². The summed E-state index contributed by atoms with van der Waals surface area (Å²) >= 11 is 0. The Morgan fingerprint density at radius 2 is 1.92 bits per heavy atom. The van der Waals surface area contributed by atoms with E-state index in [4.69, 9.17) is 0 Å². The topological polar surface area (TPSA) is 69.7 Å². The summed E-state index contributed by atoms with van der Waals surface area (Å²) in [5.41, 5.74) is 1.66. The molecule has 2 heterocycles. The van der Waals surface area contributed by atoms with E-state index in [1.165, 1.54) is 0 Å². The molecule has 2 aliphatic heterocycles. The molecule has 6 nitrogen and oxygen atoms in total. The van der Waals surface area contributed by atoms with Gasteiger partial charge >= 0.3 is 0 Å². The molecule has 1 aromatic rings. The maximum atomic E-state index is 12.4. The second kappa shape index (κ2) is 7.03. The van der Waals surface area contributed by atoms with Crippen molar-refractivity contribution >= 4 is 17.7 Å². The molecule has 2 aliphatic rings. The van der Waals surface area contributed by atoms with E-state index in [9.17, 15) is 14.4 Å². The van der Waals surface area contributed by atoms with Crippen molar-refractivity contribution in [2.24, 2.45) is 5.92 Å². The van der Waals surface area contributed by atoms with Crippen molar-refractivity contribution in [3.05, 3.63) is 35.4 Å². The molecule has 1 N–H and O–H groups in total. The molecule has 3 rings (SSSR count). The van der Waals surface area contributed by atoms with E-state index in [2.05, 4.69) is 5.32 Å². The van der Waals surface area contributed by atoms with Gasteiger partial charge in [-0.1, -0.05) is 12.1 Å². The molecule has 0 spiro atoms. The molecule has 0 unspecified atom stereocenters. The Kier molecular flexibility index (Phi) is 4.83. The largest absolute Gasteiger partial charge is 0.356 e. The normalized spacial score (nSPS) is 17.8. The molecule has 6 heteroatoms. The zero-order valence-electron chi connectivity index (χ0n) is 14.0. The first-order chi connectivity index (χ1) is 11.6. The Balaban J connectivity index is 1.53. The minimum atomic E-state index is -0.0886. The Morgan fingerprint density at radius 1 is 1.21 bits per heavy atom. The van der Waals surface area contributed by atoms with Gasteiger partial charge in [-0.2, -0.15) is 0 Å². The van der Waals surface area contributed by atoms with E-state index in [1.807, 2.05) is 24.0 Å². The van der Waals surface area contributed by atoms with Crippen molar-refractivity contribution in [1.29, 1.82) is 0 Å². The lowest BCUT2D eigenvalue weighted by Gasteiger charge is -2.38. The van der Waals surface area contributed by atoms with E-state index in [1.54, 1.807) is 17.0 Å². The van der Waals surface area contributed by atoms with Gasteiger partial charge in [-0.05, 0) is 31.0 Å². The van der Waals surface area contributed by atoms with Gasteiger partial charge in [-0.15, -0.1) is 0 Å². The molecular formula is C18H23N3O3. The number of hydrogen-bond donors (Lipinski definition) is 1. The Bertz CT molecular complexity index is 635. The summed E-state index contributed by atoms with van der Waals surface area (Å²) in [5, 5.41) is 2.78. The van der Waals surface area contributed by atoms with Crippen LogP contribution in [0.15, 0.2) is 24.3 Å². The van der Waals surface area contributed by atoms with E-state index >= 15 is 0 Å². The summed E-state index contributed by atoms with van der Waals surface area (Å²) in [6.07, 6.45) is 1.56. The van der Waals surface area contributed by atoms with Gasteiger partial charge in [0.1, 0.15) is 0 Å². The fourth-order valence-corrected chi connectivity index (χ4v) is 3.16. The van der Waals surface area contributed by atoms with Crippen LogP contribution in [0.5, 0.6) is 0 Å². The van der Waals surface area contributed by atoms with Gasteiger partial charge in [-0.25, -0.2) is 0 Å². The van der Waals surface area contributed by atoms with Crippen molar-refractivity contribution < 1.29 is 14.4 Å². The minimum absolute atomic E-state index is 0.0205. The van der Waals surface area contributed by atoms with Gasteiger partial charge in [0, 0.05) is 44.7 Å². The number of carbonyl (C=O) groups is 3. The van der Waals surface area contributed by atoms with E-state index in [-0.39, 0.29) is 23.6 Å². The number of hydrogen-bond acceptors (Lipinski definition) is 3. The predicted octanol–water partition coefficient (Wildman–Crippen LogP) is 1.02. The molecule has 128 valence electrons. The quantitative estimate of drug-likeness (QED) is 0.877. The SMILES string of the molecule is CCNC(=O)C1CN(C(=O)c2ccc(CN3CCCC3=O)cc2)C1. The molecule has 0 saturated carbocycles. The van der Waals surface area contributed by atoms with Crippen molar-refractivity contribution in [2.45, 2.75) is 26.3 Å². The number of amides is 3. The average molecular weight is 329 g/mol. The van der Waals surface area contributed by atoms with Gasteiger partial charge in [0.15, 0.2) is 0 Å². The molecular weight excluding hydrogens is 306 g/mol. The first-order valence-corrected chi connectivity index (χ1v) is 8.52. The molecule has 3 amide bonds. The zero-order chi connectivity index (χ0) is 17.1. The third-order valence-electron chi connectivity index (χ3n) is 4.64. The molecule has 0 radical (unpaired) electrons. The van der Waals surface area contributed by atoms with Crippen LogP contribution in [-0.4, -0.2) is 53.7 Å². The van der Waals surface area contributed by atoms with Gasteiger partial charge in [0.2, 0.25) is 11.8 Å². The first kappa shape index (κ1) is 16.5. The molecule has 1 aromatic carbocycles. The fraction of sp³-hybridized carbons (Fsp3) is 0.500. The maximum Gasteiger partial charge on any atom is 0.253 e. The summed E-state index contributed by atoms with van der Waals surface area (Å²) in [6, 6.07) is 7.41. The summed E-state index contributed by atoms with van der Waals surface area (Å²) in [7, 11) is 0. The van der Waals surface area contributed by atoms with E-state index in [0.29, 0.717) is 38.2 Å². The molecule has 2 saturated heterocycles. The third kappa shape index (κ3) is 3.42. The molecule has 0 bridgehead atoms. The number of likely N-dealkylation sites (tertiary alicyclic amines) is 2. The van der Waals surface area contributed by atoms with Crippen molar-refractivity contribution in [3.8, 4) is 0 Å². The monoisotopic (exact) mass is 329 g/mol. The van der Waals surface area contributed by atoms with Crippen LogP contribution in [-0.2, 0) is 16.1 Å². The smallest absolute Gasteiger partial charge is 0.253 e. The van der Waals surface area contributed by atoms with Crippen LogP contribution >= 0.6 is 0 Å². The molecule has 2 fully saturated rings. The van der Waals surface area contributed by atoms with Crippen LogP contribution in [0, 0.1) is 5.92 Å². The van der Waals surface area contributed by atoms with Crippen LogP contribution in [0.25, 0.3) is 0 Å². The van der Waals surface area contributed by atoms with Crippen LogP contribution in [0.4, 0.5) is 0 Å². The molecule has 0 atom stereocenters. The highest BCUT2D eigenvalue weighted by atomic mass is 16.2. The minimum Gasteiger partial charge on any atom is -0.356 e. The van der Waals surface area contributed by atoms with E-state index in [0.717, 1.165) is 18.5 Å². The van der Waals surface area contributed by atoms with Crippen molar-refractivity contribution in [2.75, 3.05) is 26.2 Å². The number of carbonyl (C=O) groups excluding carboxylic acids is 3. The lowest BCUT2D eigenvalue weighted by Crippen LogP contribution is -2.55. The molecule has 0 aromatic heterocycles. The average Bonchev–Trinajstić information content (AvgIpc) is 2.92. The third-order valence-corrected chi connectivity index (χ3v) is 4.64. The van der Waals surface area contributed by atoms with Crippen molar-refractivity contribution in [3.63, 3.8) is 0 Å². The Hall–Kier alpha value is -2.37. The lowest BCUT2D eigenvalue weighted by molar-refractivity contribution is -0.129. The second-order valence-electron chi connectivity index (χ2n) is 6.42. The molecule has 24 heavy (non-hydrogen) atoms. The van der Waals surface area contributed by atoms with Crippen LogP contribution in [0.1, 0.15) is 35.7 Å². The summed E-state index contributed by atoms with van der Waals surface area (Å²) < 4.78 is 0. The molecule has 0 aliphatic carbocycles.